The minimum absolute atomic E-state index is 0.0454. The maximum Gasteiger partial charge on any atom is 0.319 e. The molecule has 3 aromatic rings. The Morgan fingerprint density at radius 3 is 2.58 bits per heavy atom. The fourth-order valence-corrected chi connectivity index (χ4v) is 5.57. The molecule has 0 saturated carbocycles. The highest BCUT2D eigenvalue weighted by Gasteiger charge is 2.44. The number of nitrogens with one attached hydrogen (secondary N) is 2. The van der Waals surface area contributed by atoms with E-state index in [0.29, 0.717) is 42.0 Å². The number of aliphatic hydroxyl groups excluding tert-OH is 2. The van der Waals surface area contributed by atoms with E-state index < -0.39 is 35.3 Å². The van der Waals surface area contributed by atoms with Gasteiger partial charge < -0.3 is 31.3 Å². The predicted octanol–water partition coefficient (Wildman–Crippen LogP) is 1.68. The third kappa shape index (κ3) is 6.46. The molecule has 2 unspecified atom stereocenters. The first-order chi connectivity index (χ1) is 18.0. The lowest BCUT2D eigenvalue weighted by Gasteiger charge is -2.19. The van der Waals surface area contributed by atoms with Gasteiger partial charge in [0.1, 0.15) is 30.2 Å². The van der Waals surface area contributed by atoms with Crippen molar-refractivity contribution in [2.75, 3.05) is 29.1 Å². The number of aromatic nitrogens is 4. The van der Waals surface area contributed by atoms with Gasteiger partial charge in [0.25, 0.3) is 0 Å². The quantitative estimate of drug-likeness (QED) is 0.250. The molecule has 0 bridgehead atoms. The fraction of sp³-hybridized carbons (Fsp3) is 0.520. The van der Waals surface area contributed by atoms with Crippen LogP contribution in [0.2, 0.25) is 0 Å². The molecule has 4 rings (SSSR count). The van der Waals surface area contributed by atoms with Gasteiger partial charge in [-0.25, -0.2) is 19.7 Å². The molecule has 0 aliphatic carbocycles. The molecule has 0 spiro atoms. The summed E-state index contributed by atoms with van der Waals surface area (Å²) >= 11 is 0. The van der Waals surface area contributed by atoms with Crippen LogP contribution in [0.25, 0.3) is 11.2 Å². The van der Waals surface area contributed by atoms with Gasteiger partial charge in [0.05, 0.1) is 12.1 Å². The standard InChI is InChI=1S/C25H35N7O5S/c1-25(2,3)15-6-8-16(9-7-15)31-24(35)27-10-4-5-11-38(36)12-17-19(33)20(34)23(37-17)32-14-30-18-21(26)28-13-29-22(18)32/h6-9,13-14,17,19-20,23,33-34H,4-5,10-12H2,1-3H3,(H2,26,28,29)(H2,27,31,35)/t17-,19-,20-,23?,38?/m1/s1. The van der Waals surface area contributed by atoms with E-state index in [4.69, 9.17) is 10.5 Å². The summed E-state index contributed by atoms with van der Waals surface area (Å²) in [7, 11) is -1.29. The number of ether oxygens (including phenoxy) is 1. The second-order valence-electron chi connectivity index (χ2n) is 10.4. The Kier molecular flexibility index (Phi) is 8.61. The van der Waals surface area contributed by atoms with Crippen molar-refractivity contribution in [3.8, 4) is 0 Å². The number of nitrogen functional groups attached to an aromatic ring is 1. The molecule has 12 nitrogen and oxygen atoms in total. The number of fused-ring (bicyclic) bond motifs is 1. The van der Waals surface area contributed by atoms with Crippen molar-refractivity contribution in [1.82, 2.24) is 24.8 Å². The van der Waals surface area contributed by atoms with E-state index in [1.54, 1.807) is 0 Å². The molecule has 2 aromatic heterocycles. The van der Waals surface area contributed by atoms with Gasteiger partial charge in [0.15, 0.2) is 17.7 Å². The number of rotatable bonds is 9. The van der Waals surface area contributed by atoms with Crippen molar-refractivity contribution >= 4 is 39.5 Å². The third-order valence-electron chi connectivity index (χ3n) is 6.44. The van der Waals surface area contributed by atoms with Crippen molar-refractivity contribution in [2.24, 2.45) is 0 Å². The van der Waals surface area contributed by atoms with E-state index in [0.717, 1.165) is 0 Å². The number of anilines is 2. The number of amides is 2. The Balaban J connectivity index is 1.18. The number of carbonyl (C=O) groups is 1. The van der Waals surface area contributed by atoms with Crippen LogP contribution in [0.5, 0.6) is 0 Å². The fourth-order valence-electron chi connectivity index (χ4n) is 4.24. The smallest absolute Gasteiger partial charge is 0.319 e. The van der Waals surface area contributed by atoms with Crippen LogP contribution in [0.3, 0.4) is 0 Å². The predicted molar refractivity (Wildman–Crippen MR) is 145 cm³/mol. The molecule has 1 aliphatic rings. The zero-order chi connectivity index (χ0) is 27.4. The topological polar surface area (TPSA) is 178 Å². The molecule has 1 saturated heterocycles. The molecular weight excluding hydrogens is 510 g/mol. The van der Waals surface area contributed by atoms with Gasteiger partial charge in [-0.1, -0.05) is 32.9 Å². The van der Waals surface area contributed by atoms with Gasteiger partial charge in [0.2, 0.25) is 0 Å². The van der Waals surface area contributed by atoms with Gasteiger partial charge in [-0.2, -0.15) is 0 Å². The summed E-state index contributed by atoms with van der Waals surface area (Å²) in [5, 5.41) is 26.7. The Morgan fingerprint density at radius 2 is 1.87 bits per heavy atom. The lowest BCUT2D eigenvalue weighted by Crippen LogP contribution is -2.34. The molecule has 38 heavy (non-hydrogen) atoms. The number of unbranched alkanes of at least 4 members (excludes halogenated alkanes) is 1. The molecule has 6 N–H and O–H groups in total. The van der Waals surface area contributed by atoms with Crippen molar-refractivity contribution in [3.63, 3.8) is 0 Å². The summed E-state index contributed by atoms with van der Waals surface area (Å²) in [4.78, 5) is 24.3. The highest BCUT2D eigenvalue weighted by atomic mass is 32.2. The maximum atomic E-state index is 12.6. The first-order valence-electron chi connectivity index (χ1n) is 12.5. The number of hydrogen-bond donors (Lipinski definition) is 5. The van der Waals surface area contributed by atoms with E-state index in [1.165, 1.54) is 22.8 Å². The highest BCUT2D eigenvalue weighted by molar-refractivity contribution is 7.85. The number of imidazole rings is 1. The average molecular weight is 546 g/mol. The van der Waals surface area contributed by atoms with Crippen molar-refractivity contribution in [2.45, 2.75) is 63.6 Å². The lowest BCUT2D eigenvalue weighted by molar-refractivity contribution is -0.0290. The number of carbonyl (C=O) groups excluding carboxylic acids is 1. The van der Waals surface area contributed by atoms with Crippen LogP contribution in [-0.4, -0.2) is 76.3 Å². The Morgan fingerprint density at radius 1 is 1.13 bits per heavy atom. The molecule has 5 atom stereocenters. The second-order valence-corrected chi connectivity index (χ2v) is 12.0. The summed E-state index contributed by atoms with van der Waals surface area (Å²) in [5.41, 5.74) is 8.50. The van der Waals surface area contributed by atoms with Crippen molar-refractivity contribution in [3.05, 3.63) is 42.5 Å². The Labute approximate surface area is 223 Å². The molecule has 1 fully saturated rings. The Bertz CT molecular complexity index is 1280. The van der Waals surface area contributed by atoms with Crippen LogP contribution < -0.4 is 16.4 Å². The molecule has 3 heterocycles. The molecule has 1 aliphatic heterocycles. The minimum Gasteiger partial charge on any atom is -0.387 e. The Hall–Kier alpha value is -3.13. The molecule has 1 aromatic carbocycles. The number of aliphatic hydroxyl groups is 2. The third-order valence-corrected chi connectivity index (χ3v) is 7.89. The molecule has 2 amide bonds. The number of nitrogens with two attached hydrogens (primary N) is 1. The van der Waals surface area contributed by atoms with E-state index >= 15 is 0 Å². The number of nitrogens with zero attached hydrogens (tertiary/aromatic N) is 4. The van der Waals surface area contributed by atoms with Gasteiger partial charge in [-0.15, -0.1) is 0 Å². The van der Waals surface area contributed by atoms with Crippen LogP contribution in [0.15, 0.2) is 36.9 Å². The SMILES string of the molecule is CC(C)(C)c1ccc(NC(=O)NCCCCS(=O)C[C@H]2OC(n3cnc4c(N)ncnc43)[C@H](O)[C@@H]2O)cc1. The number of urea groups is 1. The average Bonchev–Trinajstić information content (AvgIpc) is 3.41. The van der Waals surface area contributed by atoms with Crippen molar-refractivity contribution < 1.29 is 24.0 Å². The number of benzene rings is 1. The van der Waals surface area contributed by atoms with E-state index in [-0.39, 0.29) is 23.0 Å². The monoisotopic (exact) mass is 545 g/mol. The van der Waals surface area contributed by atoms with Crippen LogP contribution >= 0.6 is 0 Å². The minimum atomic E-state index is -1.29. The van der Waals surface area contributed by atoms with Gasteiger partial charge >= 0.3 is 6.03 Å². The van der Waals surface area contributed by atoms with Crippen LogP contribution in [-0.2, 0) is 21.0 Å². The van der Waals surface area contributed by atoms with Gasteiger partial charge in [0, 0.05) is 28.8 Å². The normalized spacial score (nSPS) is 22.4. The highest BCUT2D eigenvalue weighted by Crippen LogP contribution is 2.32. The van der Waals surface area contributed by atoms with Crippen LogP contribution in [0.4, 0.5) is 16.3 Å². The lowest BCUT2D eigenvalue weighted by atomic mass is 9.87. The van der Waals surface area contributed by atoms with Gasteiger partial charge in [-0.3, -0.25) is 8.78 Å². The maximum absolute atomic E-state index is 12.6. The summed E-state index contributed by atoms with van der Waals surface area (Å²) in [6.45, 7) is 6.83. The van der Waals surface area contributed by atoms with Crippen molar-refractivity contribution in [1.29, 1.82) is 0 Å². The molecule has 206 valence electrons. The van der Waals surface area contributed by atoms with Gasteiger partial charge in [-0.05, 0) is 36.0 Å². The molecule has 13 heteroatoms. The first kappa shape index (κ1) is 27.9. The van der Waals surface area contributed by atoms with E-state index in [1.807, 2.05) is 24.3 Å². The summed E-state index contributed by atoms with van der Waals surface area (Å²) in [6, 6.07) is 7.46. The molecular formula is C25H35N7O5S. The summed E-state index contributed by atoms with van der Waals surface area (Å²) in [6.07, 6.45) is -0.280. The van der Waals surface area contributed by atoms with Crippen LogP contribution in [0.1, 0.15) is 45.4 Å². The first-order valence-corrected chi connectivity index (χ1v) is 14.0. The summed E-state index contributed by atoms with van der Waals surface area (Å²) < 4.78 is 20.0. The van der Waals surface area contributed by atoms with Crippen LogP contribution in [0, 0.1) is 0 Å². The van der Waals surface area contributed by atoms with E-state index in [9.17, 15) is 19.2 Å². The number of hydrogen-bond acceptors (Lipinski definition) is 9. The second kappa shape index (κ2) is 11.7. The summed E-state index contributed by atoms with van der Waals surface area (Å²) in [5.74, 6) is 0.640. The van der Waals surface area contributed by atoms with E-state index in [2.05, 4.69) is 46.4 Å². The zero-order valence-electron chi connectivity index (χ0n) is 21.7. The zero-order valence-corrected chi connectivity index (χ0v) is 22.5. The largest absolute Gasteiger partial charge is 0.387 e. The molecule has 0 radical (unpaired) electrons.